The Balaban J connectivity index is 1.41. The number of amides is 1. The van der Waals surface area contributed by atoms with Crippen LogP contribution in [0.2, 0.25) is 0 Å². The molecule has 0 aliphatic rings. The quantitative estimate of drug-likeness (QED) is 0.287. The minimum atomic E-state index is -3.78. The van der Waals surface area contributed by atoms with Crippen LogP contribution in [0.25, 0.3) is 0 Å². The van der Waals surface area contributed by atoms with Crippen molar-refractivity contribution in [2.75, 3.05) is 10.0 Å². The second-order valence-corrected chi connectivity index (χ2v) is 10.6. The SMILES string of the molecule is CC(=O)Nc1ccc(S(=O)(=O)Nc2ccc(Oc3ccc(C(C)(C)c4ccccc4)cc3)cc2)cc1. The van der Waals surface area contributed by atoms with Gasteiger partial charge in [-0.1, -0.05) is 56.3 Å². The minimum Gasteiger partial charge on any atom is -0.457 e. The van der Waals surface area contributed by atoms with Crippen molar-refractivity contribution in [1.82, 2.24) is 0 Å². The van der Waals surface area contributed by atoms with E-state index in [1.807, 2.05) is 30.3 Å². The number of hydrogen-bond donors (Lipinski definition) is 2. The molecule has 0 radical (unpaired) electrons. The molecule has 0 fully saturated rings. The maximum absolute atomic E-state index is 12.7. The molecule has 0 aromatic heterocycles. The van der Waals surface area contributed by atoms with Crippen molar-refractivity contribution in [2.24, 2.45) is 0 Å². The lowest BCUT2D eigenvalue weighted by atomic mass is 9.78. The van der Waals surface area contributed by atoms with Crippen LogP contribution >= 0.6 is 0 Å². The molecule has 0 saturated heterocycles. The van der Waals surface area contributed by atoms with Crippen molar-refractivity contribution in [2.45, 2.75) is 31.1 Å². The predicted molar refractivity (Wildman–Crippen MR) is 143 cm³/mol. The molecule has 0 heterocycles. The summed E-state index contributed by atoms with van der Waals surface area (Å²) in [5.41, 5.74) is 3.22. The summed E-state index contributed by atoms with van der Waals surface area (Å²) in [4.78, 5) is 11.2. The van der Waals surface area contributed by atoms with E-state index in [0.29, 0.717) is 22.9 Å². The van der Waals surface area contributed by atoms with Gasteiger partial charge in [0.05, 0.1) is 4.90 Å². The summed E-state index contributed by atoms with van der Waals surface area (Å²) < 4.78 is 33.9. The molecule has 4 rings (SSSR count). The van der Waals surface area contributed by atoms with Crippen LogP contribution in [-0.4, -0.2) is 14.3 Å². The molecule has 0 aliphatic heterocycles. The monoisotopic (exact) mass is 500 g/mol. The van der Waals surface area contributed by atoms with Gasteiger partial charge >= 0.3 is 0 Å². The smallest absolute Gasteiger partial charge is 0.261 e. The third-order valence-corrected chi connectivity index (χ3v) is 7.30. The van der Waals surface area contributed by atoms with Gasteiger partial charge in [0.2, 0.25) is 5.91 Å². The normalized spacial score (nSPS) is 11.5. The van der Waals surface area contributed by atoms with Gasteiger partial charge in [-0.2, -0.15) is 0 Å². The summed E-state index contributed by atoms with van der Waals surface area (Å²) in [5.74, 6) is 1.06. The number of sulfonamides is 1. The van der Waals surface area contributed by atoms with Crippen LogP contribution in [0.4, 0.5) is 11.4 Å². The Morgan fingerprint density at radius 1 is 0.694 bits per heavy atom. The van der Waals surface area contributed by atoms with Crippen molar-refractivity contribution < 1.29 is 17.9 Å². The van der Waals surface area contributed by atoms with Crippen molar-refractivity contribution >= 4 is 27.3 Å². The summed E-state index contributed by atoms with van der Waals surface area (Å²) in [6.07, 6.45) is 0. The molecule has 184 valence electrons. The van der Waals surface area contributed by atoms with Gasteiger partial charge < -0.3 is 10.1 Å². The fraction of sp³-hybridized carbons (Fsp3) is 0.138. The molecule has 0 atom stereocenters. The van der Waals surface area contributed by atoms with E-state index in [9.17, 15) is 13.2 Å². The highest BCUT2D eigenvalue weighted by molar-refractivity contribution is 7.92. The molecule has 36 heavy (non-hydrogen) atoms. The molecule has 4 aromatic carbocycles. The topological polar surface area (TPSA) is 84.5 Å². The summed E-state index contributed by atoms with van der Waals surface area (Å²) in [6, 6.07) is 31.0. The molecular weight excluding hydrogens is 472 g/mol. The van der Waals surface area contributed by atoms with Gasteiger partial charge in [-0.05, 0) is 71.8 Å². The van der Waals surface area contributed by atoms with Crippen LogP contribution in [0, 0.1) is 0 Å². The number of nitrogens with one attached hydrogen (secondary N) is 2. The second kappa shape index (κ2) is 10.3. The maximum Gasteiger partial charge on any atom is 0.261 e. The third-order valence-electron chi connectivity index (χ3n) is 5.90. The zero-order valence-electron chi connectivity index (χ0n) is 20.4. The lowest BCUT2D eigenvalue weighted by molar-refractivity contribution is -0.114. The Labute approximate surface area is 212 Å². The molecule has 7 heteroatoms. The number of carbonyl (C=O) groups excluding carboxylic acids is 1. The first-order valence-electron chi connectivity index (χ1n) is 11.5. The highest BCUT2D eigenvalue weighted by Crippen LogP contribution is 2.33. The van der Waals surface area contributed by atoms with Crippen LogP contribution in [-0.2, 0) is 20.2 Å². The molecule has 0 aliphatic carbocycles. The molecular formula is C29H28N2O4S. The zero-order valence-corrected chi connectivity index (χ0v) is 21.2. The van der Waals surface area contributed by atoms with Gasteiger partial charge in [0.25, 0.3) is 10.0 Å². The molecule has 0 saturated carbocycles. The van der Waals surface area contributed by atoms with Crippen molar-refractivity contribution in [1.29, 1.82) is 0 Å². The Morgan fingerprint density at radius 3 is 1.75 bits per heavy atom. The largest absolute Gasteiger partial charge is 0.457 e. The molecule has 0 unspecified atom stereocenters. The van der Waals surface area contributed by atoms with Crippen molar-refractivity contribution in [3.05, 3.63) is 114 Å². The number of hydrogen-bond acceptors (Lipinski definition) is 4. The Kier molecular flexibility index (Phi) is 7.12. The second-order valence-electron chi connectivity index (χ2n) is 8.95. The van der Waals surface area contributed by atoms with E-state index in [4.69, 9.17) is 4.74 Å². The highest BCUT2D eigenvalue weighted by atomic mass is 32.2. The van der Waals surface area contributed by atoms with E-state index >= 15 is 0 Å². The van der Waals surface area contributed by atoms with E-state index in [1.165, 1.54) is 30.2 Å². The number of anilines is 2. The first-order valence-corrected chi connectivity index (χ1v) is 13.0. The van der Waals surface area contributed by atoms with Crippen molar-refractivity contribution in [3.63, 3.8) is 0 Å². The average molecular weight is 501 g/mol. The van der Waals surface area contributed by atoms with E-state index in [-0.39, 0.29) is 16.2 Å². The van der Waals surface area contributed by atoms with Crippen LogP contribution in [0.5, 0.6) is 11.5 Å². The van der Waals surface area contributed by atoms with E-state index < -0.39 is 10.0 Å². The predicted octanol–water partition coefficient (Wildman–Crippen LogP) is 6.56. The standard InChI is InChI=1S/C29H28N2O4S/c1-21(32)30-24-13-19-28(20-14-24)36(33,34)31-25-11-17-27(18-12-25)35-26-15-9-23(10-16-26)29(2,3)22-7-5-4-6-8-22/h4-20,31H,1-3H3,(H,30,32). The molecule has 0 bridgehead atoms. The fourth-order valence-corrected chi connectivity index (χ4v) is 4.88. The molecule has 1 amide bonds. The Morgan fingerprint density at radius 2 is 1.19 bits per heavy atom. The lowest BCUT2D eigenvalue weighted by Gasteiger charge is -2.26. The maximum atomic E-state index is 12.7. The zero-order chi connectivity index (χ0) is 25.8. The van der Waals surface area contributed by atoms with Crippen LogP contribution < -0.4 is 14.8 Å². The van der Waals surface area contributed by atoms with Gasteiger partial charge in [0.15, 0.2) is 0 Å². The minimum absolute atomic E-state index is 0.0930. The average Bonchev–Trinajstić information content (AvgIpc) is 2.86. The van der Waals surface area contributed by atoms with E-state index in [0.717, 1.165) is 0 Å². The van der Waals surface area contributed by atoms with Gasteiger partial charge in [-0.3, -0.25) is 9.52 Å². The Bertz CT molecular complexity index is 1430. The summed E-state index contributed by atoms with van der Waals surface area (Å²) in [6.45, 7) is 5.77. The summed E-state index contributed by atoms with van der Waals surface area (Å²) in [7, 11) is -3.78. The number of benzene rings is 4. The highest BCUT2D eigenvalue weighted by Gasteiger charge is 2.22. The van der Waals surface area contributed by atoms with Crippen LogP contribution in [0.15, 0.2) is 108 Å². The number of rotatable bonds is 8. The van der Waals surface area contributed by atoms with Crippen LogP contribution in [0.1, 0.15) is 31.9 Å². The molecule has 2 N–H and O–H groups in total. The summed E-state index contributed by atoms with van der Waals surface area (Å²) in [5, 5.41) is 2.61. The van der Waals surface area contributed by atoms with Gasteiger partial charge in [0.1, 0.15) is 11.5 Å². The molecule has 6 nitrogen and oxygen atoms in total. The number of ether oxygens (including phenoxy) is 1. The molecule has 0 spiro atoms. The van der Waals surface area contributed by atoms with Gasteiger partial charge in [-0.25, -0.2) is 8.42 Å². The first-order chi connectivity index (χ1) is 17.1. The number of carbonyl (C=O) groups is 1. The van der Waals surface area contributed by atoms with E-state index in [1.54, 1.807) is 36.4 Å². The van der Waals surface area contributed by atoms with Gasteiger partial charge in [0, 0.05) is 23.7 Å². The van der Waals surface area contributed by atoms with Crippen LogP contribution in [0.3, 0.4) is 0 Å². The fourth-order valence-electron chi connectivity index (χ4n) is 3.82. The van der Waals surface area contributed by atoms with Gasteiger partial charge in [-0.15, -0.1) is 0 Å². The first kappa shape index (κ1) is 25.0. The third kappa shape index (κ3) is 5.93. The summed E-state index contributed by atoms with van der Waals surface area (Å²) >= 11 is 0. The van der Waals surface area contributed by atoms with E-state index in [2.05, 4.69) is 48.2 Å². The van der Waals surface area contributed by atoms with Crippen molar-refractivity contribution in [3.8, 4) is 11.5 Å². The molecule has 4 aromatic rings. The lowest BCUT2D eigenvalue weighted by Crippen LogP contribution is -2.18. The Hall–Kier alpha value is -4.10.